The molecule has 0 heterocycles. The number of carbonyl (C=O) groups excluding carboxylic acids is 1. The SMILES string of the molecule is O=C(NCc1ccccc1)c1cccc(C2CC2NCC2CC2)c1. The molecule has 2 aliphatic carbocycles. The molecule has 0 spiro atoms. The van der Waals surface area contributed by atoms with E-state index in [9.17, 15) is 4.79 Å². The highest BCUT2D eigenvalue weighted by atomic mass is 16.1. The quantitative estimate of drug-likeness (QED) is 0.820. The smallest absolute Gasteiger partial charge is 0.251 e. The molecule has 3 heteroatoms. The van der Waals surface area contributed by atoms with Crippen molar-refractivity contribution in [2.75, 3.05) is 6.54 Å². The van der Waals surface area contributed by atoms with Gasteiger partial charge in [-0.3, -0.25) is 4.79 Å². The van der Waals surface area contributed by atoms with E-state index in [4.69, 9.17) is 0 Å². The van der Waals surface area contributed by atoms with Gasteiger partial charge >= 0.3 is 0 Å². The molecule has 0 aromatic heterocycles. The Morgan fingerprint density at radius 2 is 1.88 bits per heavy atom. The van der Waals surface area contributed by atoms with Crippen molar-refractivity contribution in [2.45, 2.75) is 37.8 Å². The molecule has 24 heavy (non-hydrogen) atoms. The van der Waals surface area contributed by atoms with Crippen LogP contribution in [0.1, 0.15) is 46.7 Å². The van der Waals surface area contributed by atoms with Gasteiger partial charge in [-0.2, -0.15) is 0 Å². The van der Waals surface area contributed by atoms with Crippen LogP contribution in [-0.2, 0) is 6.54 Å². The molecule has 1 amide bonds. The minimum atomic E-state index is 0.00356. The number of hydrogen-bond acceptors (Lipinski definition) is 2. The molecule has 2 unspecified atom stereocenters. The summed E-state index contributed by atoms with van der Waals surface area (Å²) in [5.74, 6) is 1.50. The van der Waals surface area contributed by atoms with Gasteiger partial charge in [0.05, 0.1) is 0 Å². The molecule has 2 saturated carbocycles. The summed E-state index contributed by atoms with van der Waals surface area (Å²) in [6.07, 6.45) is 3.98. The Morgan fingerprint density at radius 1 is 1.04 bits per heavy atom. The zero-order chi connectivity index (χ0) is 16.4. The monoisotopic (exact) mass is 320 g/mol. The average Bonchev–Trinajstić information content (AvgIpc) is 3.53. The first-order valence-electron chi connectivity index (χ1n) is 8.95. The lowest BCUT2D eigenvalue weighted by atomic mass is 10.1. The van der Waals surface area contributed by atoms with E-state index in [-0.39, 0.29) is 5.91 Å². The van der Waals surface area contributed by atoms with E-state index in [0.717, 1.165) is 17.0 Å². The van der Waals surface area contributed by atoms with Crippen LogP contribution in [0.25, 0.3) is 0 Å². The fraction of sp³-hybridized carbons (Fsp3) is 0.381. The molecule has 124 valence electrons. The maximum absolute atomic E-state index is 12.4. The highest BCUT2D eigenvalue weighted by molar-refractivity contribution is 5.94. The van der Waals surface area contributed by atoms with Crippen molar-refractivity contribution in [3.05, 3.63) is 71.3 Å². The topological polar surface area (TPSA) is 41.1 Å². The molecule has 0 bridgehead atoms. The Balaban J connectivity index is 1.33. The van der Waals surface area contributed by atoms with Gasteiger partial charge in [0.1, 0.15) is 0 Å². The van der Waals surface area contributed by atoms with Crippen molar-refractivity contribution in [3.8, 4) is 0 Å². The van der Waals surface area contributed by atoms with E-state index in [0.29, 0.717) is 18.5 Å². The molecular formula is C21H24N2O. The Labute approximate surface area is 143 Å². The molecule has 2 aromatic carbocycles. The number of amides is 1. The van der Waals surface area contributed by atoms with Crippen molar-refractivity contribution in [1.29, 1.82) is 0 Å². The van der Waals surface area contributed by atoms with E-state index in [2.05, 4.69) is 22.8 Å². The van der Waals surface area contributed by atoms with Crippen LogP contribution in [0.3, 0.4) is 0 Å². The van der Waals surface area contributed by atoms with Crippen LogP contribution in [0.15, 0.2) is 54.6 Å². The number of rotatable bonds is 7. The minimum absolute atomic E-state index is 0.00356. The van der Waals surface area contributed by atoms with Gasteiger partial charge in [0.2, 0.25) is 0 Å². The summed E-state index contributed by atoms with van der Waals surface area (Å²) in [4.78, 5) is 12.4. The van der Waals surface area contributed by atoms with Crippen molar-refractivity contribution in [2.24, 2.45) is 5.92 Å². The van der Waals surface area contributed by atoms with Crippen LogP contribution >= 0.6 is 0 Å². The summed E-state index contributed by atoms with van der Waals surface area (Å²) in [6.45, 7) is 1.73. The first-order valence-corrected chi connectivity index (χ1v) is 8.95. The summed E-state index contributed by atoms with van der Waals surface area (Å²) in [5.41, 5.74) is 3.17. The van der Waals surface area contributed by atoms with Crippen LogP contribution in [-0.4, -0.2) is 18.5 Å². The first-order chi connectivity index (χ1) is 11.8. The second-order valence-electron chi connectivity index (χ2n) is 7.09. The predicted molar refractivity (Wildman–Crippen MR) is 95.9 cm³/mol. The Kier molecular flexibility index (Phi) is 4.35. The van der Waals surface area contributed by atoms with E-state index < -0.39 is 0 Å². The standard InChI is InChI=1S/C21H24N2O/c24-21(23-14-15-5-2-1-3-6-15)18-8-4-7-17(11-18)19-12-20(19)22-13-16-9-10-16/h1-8,11,16,19-20,22H,9-10,12-14H2,(H,23,24). The largest absolute Gasteiger partial charge is 0.348 e. The Hall–Kier alpha value is -2.13. The van der Waals surface area contributed by atoms with Crippen LogP contribution in [0.5, 0.6) is 0 Å². The highest BCUT2D eigenvalue weighted by Crippen LogP contribution is 2.41. The van der Waals surface area contributed by atoms with E-state index in [1.165, 1.54) is 31.4 Å². The van der Waals surface area contributed by atoms with Crippen LogP contribution < -0.4 is 10.6 Å². The van der Waals surface area contributed by atoms with E-state index in [1.54, 1.807) is 0 Å². The summed E-state index contributed by atoms with van der Waals surface area (Å²) in [7, 11) is 0. The molecule has 3 nitrogen and oxygen atoms in total. The lowest BCUT2D eigenvalue weighted by Crippen LogP contribution is -2.23. The fourth-order valence-corrected chi connectivity index (χ4v) is 3.22. The van der Waals surface area contributed by atoms with Gasteiger partial charge in [-0.05, 0) is 55.0 Å². The predicted octanol–water partition coefficient (Wildman–Crippen LogP) is 3.47. The maximum Gasteiger partial charge on any atom is 0.251 e. The second kappa shape index (κ2) is 6.78. The molecule has 2 atom stereocenters. The van der Waals surface area contributed by atoms with Crippen LogP contribution in [0.2, 0.25) is 0 Å². The molecule has 2 fully saturated rings. The fourth-order valence-electron chi connectivity index (χ4n) is 3.22. The molecule has 0 radical (unpaired) electrons. The molecule has 4 rings (SSSR count). The summed E-state index contributed by atoms with van der Waals surface area (Å²) < 4.78 is 0. The lowest BCUT2D eigenvalue weighted by Gasteiger charge is -2.08. The van der Waals surface area contributed by atoms with Crippen molar-refractivity contribution in [1.82, 2.24) is 10.6 Å². The summed E-state index contributed by atoms with van der Waals surface area (Å²) in [6, 6.07) is 18.7. The zero-order valence-corrected chi connectivity index (χ0v) is 13.9. The van der Waals surface area contributed by atoms with Crippen LogP contribution in [0.4, 0.5) is 0 Å². The van der Waals surface area contributed by atoms with Gasteiger partial charge in [0.25, 0.3) is 5.91 Å². The van der Waals surface area contributed by atoms with Gasteiger partial charge in [0.15, 0.2) is 0 Å². The normalized spacial score (nSPS) is 22.2. The molecule has 2 N–H and O–H groups in total. The summed E-state index contributed by atoms with van der Waals surface area (Å²) in [5, 5.41) is 6.67. The van der Waals surface area contributed by atoms with Crippen molar-refractivity contribution in [3.63, 3.8) is 0 Å². The molecule has 2 aromatic rings. The van der Waals surface area contributed by atoms with Crippen molar-refractivity contribution < 1.29 is 4.79 Å². The molecule has 0 saturated heterocycles. The highest BCUT2D eigenvalue weighted by Gasteiger charge is 2.39. The van der Waals surface area contributed by atoms with Crippen molar-refractivity contribution >= 4 is 5.91 Å². The summed E-state index contributed by atoms with van der Waals surface area (Å²) >= 11 is 0. The Bertz CT molecular complexity index is 709. The van der Waals surface area contributed by atoms with Gasteiger partial charge in [-0.1, -0.05) is 42.5 Å². The maximum atomic E-state index is 12.4. The number of benzene rings is 2. The van der Waals surface area contributed by atoms with Gasteiger partial charge in [0, 0.05) is 24.1 Å². The zero-order valence-electron chi connectivity index (χ0n) is 13.9. The van der Waals surface area contributed by atoms with Gasteiger partial charge < -0.3 is 10.6 Å². The first kappa shape index (κ1) is 15.4. The number of nitrogens with one attached hydrogen (secondary N) is 2. The minimum Gasteiger partial charge on any atom is -0.348 e. The molecule has 2 aliphatic rings. The number of carbonyl (C=O) groups is 1. The van der Waals surface area contributed by atoms with E-state index in [1.807, 2.05) is 42.5 Å². The van der Waals surface area contributed by atoms with Crippen LogP contribution in [0, 0.1) is 5.92 Å². The molecular weight excluding hydrogens is 296 g/mol. The Morgan fingerprint density at radius 3 is 2.67 bits per heavy atom. The lowest BCUT2D eigenvalue weighted by molar-refractivity contribution is 0.0951. The third-order valence-electron chi connectivity index (χ3n) is 5.03. The molecule has 0 aliphatic heterocycles. The van der Waals surface area contributed by atoms with Gasteiger partial charge in [-0.25, -0.2) is 0 Å². The van der Waals surface area contributed by atoms with E-state index >= 15 is 0 Å². The number of hydrogen-bond donors (Lipinski definition) is 2. The third kappa shape index (κ3) is 3.85. The second-order valence-corrected chi connectivity index (χ2v) is 7.09. The van der Waals surface area contributed by atoms with Gasteiger partial charge in [-0.15, -0.1) is 0 Å². The average molecular weight is 320 g/mol. The third-order valence-corrected chi connectivity index (χ3v) is 5.03.